The number of rotatable bonds is 1. The van der Waals surface area contributed by atoms with E-state index < -0.39 is 0 Å². The van der Waals surface area contributed by atoms with Crippen LogP contribution >= 0.6 is 11.6 Å². The molecule has 3 N–H and O–H groups in total. The van der Waals surface area contributed by atoms with Crippen molar-refractivity contribution >= 4 is 34.3 Å². The highest BCUT2D eigenvalue weighted by Gasteiger charge is 2.13. The van der Waals surface area contributed by atoms with E-state index in [4.69, 9.17) is 11.6 Å². The van der Waals surface area contributed by atoms with Crippen molar-refractivity contribution in [2.75, 3.05) is 0 Å². The molecule has 3 aromatic rings. The molecule has 0 atom stereocenters. The molecule has 0 unspecified atom stereocenters. The second-order valence-corrected chi connectivity index (χ2v) is 5.35. The molecule has 3 aromatic heterocycles. The lowest BCUT2D eigenvalue weighted by Crippen LogP contribution is -2.22. The Balaban J connectivity index is 1.96. The fourth-order valence-electron chi connectivity index (χ4n) is 2.27. The SMILES string of the molecule is O=c1[nH]c(=C2CC2)[nH]c1=Cc1c[nH]c2ncc(Cl)cc12. The van der Waals surface area contributed by atoms with E-state index in [0.29, 0.717) is 10.4 Å². The lowest BCUT2D eigenvalue weighted by molar-refractivity contribution is 1.18. The van der Waals surface area contributed by atoms with E-state index in [1.54, 1.807) is 6.20 Å². The molecule has 1 aliphatic rings. The predicted octanol–water partition coefficient (Wildman–Crippen LogP) is 1.01. The molecule has 1 saturated carbocycles. The summed E-state index contributed by atoms with van der Waals surface area (Å²) in [5.41, 5.74) is 3.64. The number of hydrogen-bond donors (Lipinski definition) is 3. The van der Waals surface area contributed by atoms with Gasteiger partial charge in [-0.3, -0.25) is 4.79 Å². The lowest BCUT2D eigenvalue weighted by atomic mass is 10.2. The Morgan fingerprint density at radius 1 is 1.30 bits per heavy atom. The molecule has 20 heavy (non-hydrogen) atoms. The van der Waals surface area contributed by atoms with Crippen molar-refractivity contribution in [3.8, 4) is 0 Å². The van der Waals surface area contributed by atoms with Crippen LogP contribution in [0.2, 0.25) is 5.02 Å². The van der Waals surface area contributed by atoms with Crippen molar-refractivity contribution in [2.45, 2.75) is 12.8 Å². The summed E-state index contributed by atoms with van der Waals surface area (Å²) in [4.78, 5) is 25.2. The van der Waals surface area contributed by atoms with Crippen molar-refractivity contribution in [1.82, 2.24) is 19.9 Å². The number of imidazole rings is 1. The van der Waals surface area contributed by atoms with E-state index in [0.717, 1.165) is 34.9 Å². The van der Waals surface area contributed by atoms with Gasteiger partial charge in [-0.2, -0.15) is 0 Å². The molecule has 0 radical (unpaired) electrons. The number of H-pyrrole nitrogens is 3. The number of nitrogens with one attached hydrogen (secondary N) is 3. The summed E-state index contributed by atoms with van der Waals surface area (Å²) < 4.78 is 0. The van der Waals surface area contributed by atoms with Gasteiger partial charge >= 0.3 is 0 Å². The van der Waals surface area contributed by atoms with Gasteiger partial charge in [-0.25, -0.2) is 4.98 Å². The maximum atomic E-state index is 11.9. The molecular formula is C14H11ClN4O. The average Bonchev–Trinajstić information content (AvgIpc) is 3.12. The van der Waals surface area contributed by atoms with E-state index in [2.05, 4.69) is 19.9 Å². The first kappa shape index (κ1) is 11.5. The van der Waals surface area contributed by atoms with Crippen molar-refractivity contribution in [3.63, 3.8) is 0 Å². The summed E-state index contributed by atoms with van der Waals surface area (Å²) >= 11 is 5.97. The summed E-state index contributed by atoms with van der Waals surface area (Å²) in [5, 5.41) is 2.01. The fraction of sp³-hybridized carbons (Fsp3) is 0.143. The molecule has 100 valence electrons. The zero-order valence-electron chi connectivity index (χ0n) is 10.5. The largest absolute Gasteiger partial charge is 0.346 e. The van der Waals surface area contributed by atoms with E-state index >= 15 is 0 Å². The van der Waals surface area contributed by atoms with Gasteiger partial charge in [0.1, 0.15) is 16.5 Å². The molecule has 0 aliphatic heterocycles. The average molecular weight is 287 g/mol. The zero-order chi connectivity index (χ0) is 13.7. The molecule has 6 heteroatoms. The normalized spacial score (nSPS) is 15.2. The first-order valence-electron chi connectivity index (χ1n) is 6.35. The van der Waals surface area contributed by atoms with Crippen LogP contribution in [0.1, 0.15) is 18.4 Å². The van der Waals surface area contributed by atoms with Gasteiger partial charge in [-0.15, -0.1) is 0 Å². The topological polar surface area (TPSA) is 77.3 Å². The van der Waals surface area contributed by atoms with Gasteiger partial charge in [0.2, 0.25) is 0 Å². The van der Waals surface area contributed by atoms with Gasteiger partial charge in [0.05, 0.1) is 5.02 Å². The minimum Gasteiger partial charge on any atom is -0.346 e. The van der Waals surface area contributed by atoms with E-state index in [9.17, 15) is 4.79 Å². The summed E-state index contributed by atoms with van der Waals surface area (Å²) in [5.74, 6) is 0. The van der Waals surface area contributed by atoms with Gasteiger partial charge in [0.25, 0.3) is 5.56 Å². The number of pyridine rings is 1. The summed E-state index contributed by atoms with van der Waals surface area (Å²) in [6.45, 7) is 0. The van der Waals surface area contributed by atoms with Crippen molar-refractivity contribution in [3.05, 3.63) is 50.2 Å². The molecule has 1 fully saturated rings. The Labute approximate surface area is 118 Å². The summed E-state index contributed by atoms with van der Waals surface area (Å²) in [6.07, 6.45) is 7.33. The van der Waals surface area contributed by atoms with E-state index in [1.165, 1.54) is 5.57 Å². The second kappa shape index (κ2) is 4.11. The molecule has 4 rings (SSSR count). The van der Waals surface area contributed by atoms with Crippen LogP contribution in [0.5, 0.6) is 0 Å². The molecular weight excluding hydrogens is 276 g/mol. The lowest BCUT2D eigenvalue weighted by Gasteiger charge is -1.91. The molecule has 0 spiro atoms. The summed E-state index contributed by atoms with van der Waals surface area (Å²) in [6, 6.07) is 1.83. The Morgan fingerprint density at radius 2 is 2.15 bits per heavy atom. The first-order chi connectivity index (χ1) is 9.70. The second-order valence-electron chi connectivity index (χ2n) is 4.91. The van der Waals surface area contributed by atoms with E-state index in [-0.39, 0.29) is 5.56 Å². The third-order valence-electron chi connectivity index (χ3n) is 3.43. The van der Waals surface area contributed by atoms with Crippen LogP contribution in [0.4, 0.5) is 0 Å². The number of aromatic amines is 3. The first-order valence-corrected chi connectivity index (χ1v) is 6.73. The van der Waals surface area contributed by atoms with E-state index in [1.807, 2.05) is 18.3 Å². The van der Waals surface area contributed by atoms with Gasteiger partial charge < -0.3 is 15.0 Å². The molecule has 5 nitrogen and oxygen atoms in total. The van der Waals surface area contributed by atoms with Gasteiger partial charge in [-0.05, 0) is 30.6 Å². The molecule has 3 heterocycles. The third kappa shape index (κ3) is 1.87. The third-order valence-corrected chi connectivity index (χ3v) is 3.63. The Hall–Kier alpha value is -2.27. The molecule has 1 aliphatic carbocycles. The quantitative estimate of drug-likeness (QED) is 0.624. The van der Waals surface area contributed by atoms with Gasteiger partial charge in [0, 0.05) is 23.3 Å². The molecule has 0 saturated heterocycles. The van der Waals surface area contributed by atoms with Crippen LogP contribution in [0, 0.1) is 0 Å². The highest BCUT2D eigenvalue weighted by molar-refractivity contribution is 6.31. The number of hydrogen-bond acceptors (Lipinski definition) is 2. The van der Waals surface area contributed by atoms with Crippen molar-refractivity contribution < 1.29 is 0 Å². The fourth-order valence-corrected chi connectivity index (χ4v) is 2.43. The van der Waals surface area contributed by atoms with Crippen LogP contribution in [0.25, 0.3) is 22.7 Å². The number of fused-ring (bicyclic) bond motifs is 1. The highest BCUT2D eigenvalue weighted by Crippen LogP contribution is 2.26. The summed E-state index contributed by atoms with van der Waals surface area (Å²) in [7, 11) is 0. The smallest absolute Gasteiger partial charge is 0.273 e. The molecule has 0 aromatic carbocycles. The molecule has 0 amide bonds. The predicted molar refractivity (Wildman–Crippen MR) is 78.0 cm³/mol. The van der Waals surface area contributed by atoms with Crippen molar-refractivity contribution in [1.29, 1.82) is 0 Å². The van der Waals surface area contributed by atoms with Crippen LogP contribution in [-0.4, -0.2) is 19.9 Å². The molecule has 0 bridgehead atoms. The highest BCUT2D eigenvalue weighted by atomic mass is 35.5. The van der Waals surface area contributed by atoms with Crippen LogP contribution in [0.3, 0.4) is 0 Å². The van der Waals surface area contributed by atoms with Gasteiger partial charge in [-0.1, -0.05) is 11.6 Å². The van der Waals surface area contributed by atoms with Crippen LogP contribution in [0.15, 0.2) is 23.3 Å². The number of aromatic nitrogens is 4. The zero-order valence-corrected chi connectivity index (χ0v) is 11.2. The maximum absolute atomic E-state index is 11.9. The van der Waals surface area contributed by atoms with Gasteiger partial charge in [0.15, 0.2) is 0 Å². The number of halogens is 1. The number of nitrogens with zero attached hydrogens (tertiary/aromatic N) is 1. The van der Waals surface area contributed by atoms with Crippen molar-refractivity contribution in [2.24, 2.45) is 0 Å². The Kier molecular flexibility index (Phi) is 2.37. The Bertz CT molecular complexity index is 986. The standard InChI is InChI=1S/C14H11ClN4O/c15-9-4-10-8(5-16-13(10)17-6-9)3-11-14(20)19-12(18-11)7-1-2-7/h3-6,18H,1-2H2,(H,16,17)(H,19,20). The minimum absolute atomic E-state index is 0.108. The van der Waals surface area contributed by atoms with Crippen LogP contribution in [-0.2, 0) is 0 Å². The van der Waals surface area contributed by atoms with Crippen LogP contribution < -0.4 is 16.4 Å². The maximum Gasteiger partial charge on any atom is 0.273 e. The monoisotopic (exact) mass is 286 g/mol. The Morgan fingerprint density at radius 3 is 2.95 bits per heavy atom. The minimum atomic E-state index is -0.108.